The van der Waals surface area contributed by atoms with Crippen molar-refractivity contribution in [1.29, 1.82) is 0 Å². The van der Waals surface area contributed by atoms with E-state index >= 15 is 0 Å². The number of hydrogen-bond acceptors (Lipinski definition) is 2. The molecule has 1 fully saturated rings. The van der Waals surface area contributed by atoms with E-state index in [2.05, 4.69) is 29.6 Å². The van der Waals surface area contributed by atoms with Crippen LogP contribution in [0.15, 0.2) is 29.6 Å². The van der Waals surface area contributed by atoms with Crippen LogP contribution < -0.4 is 5.73 Å². The number of thiophene rings is 1. The van der Waals surface area contributed by atoms with Gasteiger partial charge in [-0.2, -0.15) is 0 Å². The minimum Gasteiger partial charge on any atom is -0.330 e. The van der Waals surface area contributed by atoms with Crippen molar-refractivity contribution in [3.63, 3.8) is 0 Å². The van der Waals surface area contributed by atoms with Gasteiger partial charge in [0, 0.05) is 4.70 Å². The van der Waals surface area contributed by atoms with Crippen LogP contribution in [0.1, 0.15) is 30.7 Å². The van der Waals surface area contributed by atoms with Crippen LogP contribution >= 0.6 is 11.3 Å². The summed E-state index contributed by atoms with van der Waals surface area (Å²) in [5, 5.41) is 3.81. The van der Waals surface area contributed by atoms with E-state index in [-0.39, 0.29) is 0 Å². The van der Waals surface area contributed by atoms with E-state index in [4.69, 9.17) is 5.73 Å². The Morgan fingerprint density at radius 3 is 2.88 bits per heavy atom. The summed E-state index contributed by atoms with van der Waals surface area (Å²) in [7, 11) is 0. The molecule has 1 unspecified atom stereocenters. The third kappa shape index (κ3) is 1.76. The summed E-state index contributed by atoms with van der Waals surface area (Å²) < 4.78 is 1.42. The smallest absolute Gasteiger partial charge is 0.0345 e. The fourth-order valence-corrected chi connectivity index (χ4v) is 3.63. The summed E-state index contributed by atoms with van der Waals surface area (Å²) in [4.78, 5) is 0. The summed E-state index contributed by atoms with van der Waals surface area (Å²) >= 11 is 1.87. The number of rotatable bonds is 4. The molecule has 0 spiro atoms. The van der Waals surface area contributed by atoms with Crippen molar-refractivity contribution in [3.05, 3.63) is 35.2 Å². The highest BCUT2D eigenvalue weighted by Crippen LogP contribution is 2.47. The first-order valence-electron chi connectivity index (χ1n) is 6.06. The Labute approximate surface area is 100 Å². The van der Waals surface area contributed by atoms with Crippen molar-refractivity contribution in [1.82, 2.24) is 0 Å². The molecular weight excluding hydrogens is 214 g/mol. The van der Waals surface area contributed by atoms with Crippen molar-refractivity contribution < 1.29 is 0 Å². The van der Waals surface area contributed by atoms with Gasteiger partial charge in [0.2, 0.25) is 0 Å². The molecule has 3 rings (SSSR count). The lowest BCUT2D eigenvalue weighted by Gasteiger charge is -2.14. The topological polar surface area (TPSA) is 26.0 Å². The van der Waals surface area contributed by atoms with Crippen LogP contribution in [0.25, 0.3) is 10.1 Å². The summed E-state index contributed by atoms with van der Waals surface area (Å²) in [5.74, 6) is 1.61. The molecule has 16 heavy (non-hydrogen) atoms. The molecule has 2 heteroatoms. The molecule has 1 heterocycles. The zero-order valence-electron chi connectivity index (χ0n) is 9.36. The van der Waals surface area contributed by atoms with Gasteiger partial charge in [-0.25, -0.2) is 0 Å². The predicted octanol–water partition coefficient (Wildman–Crippen LogP) is 3.74. The maximum atomic E-state index is 5.75. The van der Waals surface area contributed by atoms with Gasteiger partial charge in [0.1, 0.15) is 0 Å². The maximum absolute atomic E-state index is 5.75. The van der Waals surface area contributed by atoms with Crippen LogP contribution in [0.4, 0.5) is 0 Å². The van der Waals surface area contributed by atoms with Gasteiger partial charge in [-0.15, -0.1) is 11.3 Å². The SMILES string of the molecule is NCCC(c1csc2ccccc12)C1CC1. The Balaban J connectivity index is 2.02. The first kappa shape index (κ1) is 10.3. The molecule has 1 aliphatic rings. The Morgan fingerprint density at radius 1 is 1.31 bits per heavy atom. The zero-order chi connectivity index (χ0) is 11.0. The van der Waals surface area contributed by atoms with Crippen molar-refractivity contribution in [2.45, 2.75) is 25.2 Å². The summed E-state index contributed by atoms with van der Waals surface area (Å²) in [6, 6.07) is 8.74. The van der Waals surface area contributed by atoms with E-state index in [0.29, 0.717) is 5.92 Å². The van der Waals surface area contributed by atoms with Gasteiger partial charge in [-0.3, -0.25) is 0 Å². The van der Waals surface area contributed by atoms with E-state index in [0.717, 1.165) is 18.9 Å². The van der Waals surface area contributed by atoms with Crippen LogP contribution in [-0.2, 0) is 0 Å². The summed E-state index contributed by atoms with van der Waals surface area (Å²) in [6.45, 7) is 0.811. The molecule has 0 bridgehead atoms. The average molecular weight is 231 g/mol. The van der Waals surface area contributed by atoms with Crippen LogP contribution in [-0.4, -0.2) is 6.54 Å². The van der Waals surface area contributed by atoms with Gasteiger partial charge in [-0.05, 0) is 60.0 Å². The predicted molar refractivity (Wildman–Crippen MR) is 71.0 cm³/mol. The normalized spacial score (nSPS) is 17.8. The lowest BCUT2D eigenvalue weighted by molar-refractivity contribution is 0.570. The Bertz CT molecular complexity index is 484. The fraction of sp³-hybridized carbons (Fsp3) is 0.429. The van der Waals surface area contributed by atoms with E-state index < -0.39 is 0 Å². The molecule has 84 valence electrons. The van der Waals surface area contributed by atoms with Crippen LogP contribution in [0.5, 0.6) is 0 Å². The second kappa shape index (κ2) is 4.19. The number of nitrogens with two attached hydrogens (primary N) is 1. The number of hydrogen-bond donors (Lipinski definition) is 1. The third-order valence-corrected chi connectivity index (χ3v) is 4.56. The molecule has 0 radical (unpaired) electrons. The standard InChI is InChI=1S/C14H17NS/c15-8-7-11(10-5-6-10)13-9-16-14-4-2-1-3-12(13)14/h1-4,9-11H,5-8,15H2. The highest BCUT2D eigenvalue weighted by Gasteiger charge is 2.32. The number of fused-ring (bicyclic) bond motifs is 1. The lowest BCUT2D eigenvalue weighted by Crippen LogP contribution is -2.08. The van der Waals surface area contributed by atoms with Gasteiger partial charge in [0.05, 0.1) is 0 Å². The molecule has 1 aromatic heterocycles. The summed E-state index contributed by atoms with van der Waals surface area (Å²) in [6.07, 6.45) is 3.94. The molecule has 0 aliphatic heterocycles. The molecule has 1 atom stereocenters. The molecule has 0 saturated heterocycles. The molecule has 1 aromatic carbocycles. The molecule has 2 N–H and O–H groups in total. The Kier molecular flexibility index (Phi) is 2.70. The fourth-order valence-electron chi connectivity index (χ4n) is 2.61. The first-order chi connectivity index (χ1) is 7.90. The molecule has 1 nitrogen and oxygen atoms in total. The van der Waals surface area contributed by atoms with Crippen molar-refractivity contribution in [2.24, 2.45) is 11.7 Å². The van der Waals surface area contributed by atoms with Crippen molar-refractivity contribution in [3.8, 4) is 0 Å². The van der Waals surface area contributed by atoms with Gasteiger partial charge in [0.25, 0.3) is 0 Å². The van der Waals surface area contributed by atoms with Gasteiger partial charge in [0.15, 0.2) is 0 Å². The minimum absolute atomic E-state index is 0.709. The largest absolute Gasteiger partial charge is 0.330 e. The van der Waals surface area contributed by atoms with E-state index in [1.807, 2.05) is 11.3 Å². The van der Waals surface area contributed by atoms with E-state index in [1.165, 1.54) is 22.9 Å². The van der Waals surface area contributed by atoms with Gasteiger partial charge in [-0.1, -0.05) is 18.2 Å². The third-order valence-electron chi connectivity index (χ3n) is 3.58. The molecule has 2 aromatic rings. The van der Waals surface area contributed by atoms with Crippen LogP contribution in [0.2, 0.25) is 0 Å². The monoisotopic (exact) mass is 231 g/mol. The summed E-state index contributed by atoms with van der Waals surface area (Å²) in [5.41, 5.74) is 7.30. The van der Waals surface area contributed by atoms with Crippen molar-refractivity contribution in [2.75, 3.05) is 6.54 Å². The highest BCUT2D eigenvalue weighted by molar-refractivity contribution is 7.17. The Hall–Kier alpha value is -0.860. The molecule has 1 saturated carbocycles. The second-order valence-electron chi connectivity index (χ2n) is 4.71. The second-order valence-corrected chi connectivity index (χ2v) is 5.62. The lowest BCUT2D eigenvalue weighted by atomic mass is 9.91. The average Bonchev–Trinajstić information content (AvgIpc) is 3.06. The van der Waals surface area contributed by atoms with Gasteiger partial charge < -0.3 is 5.73 Å². The number of benzene rings is 1. The van der Waals surface area contributed by atoms with E-state index in [9.17, 15) is 0 Å². The first-order valence-corrected chi connectivity index (χ1v) is 6.94. The molecule has 0 amide bonds. The molecular formula is C14H17NS. The minimum atomic E-state index is 0.709. The molecule has 1 aliphatic carbocycles. The van der Waals surface area contributed by atoms with Crippen LogP contribution in [0.3, 0.4) is 0 Å². The highest BCUT2D eigenvalue weighted by atomic mass is 32.1. The quantitative estimate of drug-likeness (QED) is 0.852. The zero-order valence-corrected chi connectivity index (χ0v) is 10.2. The van der Waals surface area contributed by atoms with Crippen LogP contribution in [0, 0.1) is 5.92 Å². The van der Waals surface area contributed by atoms with Gasteiger partial charge >= 0.3 is 0 Å². The van der Waals surface area contributed by atoms with Crippen molar-refractivity contribution >= 4 is 21.4 Å². The Morgan fingerprint density at radius 2 is 2.12 bits per heavy atom. The van der Waals surface area contributed by atoms with E-state index in [1.54, 1.807) is 5.56 Å². The maximum Gasteiger partial charge on any atom is 0.0345 e.